The van der Waals surface area contributed by atoms with E-state index in [0.717, 1.165) is 30.9 Å². The summed E-state index contributed by atoms with van der Waals surface area (Å²) in [7, 11) is 2.12. The molecule has 3 aromatic rings. The summed E-state index contributed by atoms with van der Waals surface area (Å²) in [4.78, 5) is 15.7. The highest BCUT2D eigenvalue weighted by atomic mass is 16.5. The number of pyridine rings is 1. The molecule has 1 aliphatic rings. The molecule has 0 unspecified atom stereocenters. The van der Waals surface area contributed by atoms with E-state index in [1.807, 2.05) is 12.1 Å². The second-order valence-electron chi connectivity index (χ2n) is 6.79. The molecule has 0 fully saturated rings. The van der Waals surface area contributed by atoms with E-state index in [1.165, 1.54) is 11.4 Å². The topological polar surface area (TPSA) is 72.9 Å². The first kappa shape index (κ1) is 16.0. The maximum Gasteiger partial charge on any atom is 0.241 e. The highest BCUT2D eigenvalue weighted by Crippen LogP contribution is 2.24. The van der Waals surface area contributed by atoms with Gasteiger partial charge in [0.1, 0.15) is 5.82 Å². The van der Waals surface area contributed by atoms with Crippen LogP contribution in [0.15, 0.2) is 29.0 Å². The monoisotopic (exact) mass is 338 g/mol. The second-order valence-corrected chi connectivity index (χ2v) is 6.79. The molecular formula is C18H22N6O. The van der Waals surface area contributed by atoms with Crippen LogP contribution in [0.4, 0.5) is 0 Å². The number of fused-ring (bicyclic) bond motifs is 1. The summed E-state index contributed by atoms with van der Waals surface area (Å²) in [5.74, 6) is 2.80. The van der Waals surface area contributed by atoms with Gasteiger partial charge in [-0.05, 0) is 12.1 Å². The third kappa shape index (κ3) is 3.07. The maximum atomic E-state index is 5.42. The fourth-order valence-corrected chi connectivity index (χ4v) is 3.38. The van der Waals surface area contributed by atoms with Gasteiger partial charge in [0, 0.05) is 56.1 Å². The Labute approximate surface area is 146 Å². The highest BCUT2D eigenvalue weighted by molar-refractivity contribution is 5.51. The SMILES string of the molecule is CC(C)c1nc2c(n1C)CCN(Cc1nc(-c3cccnc3)no1)C2. The Hall–Kier alpha value is -2.54. The molecule has 0 aromatic carbocycles. The standard InChI is InChI=1S/C18H22N6O/c1-12(2)18-20-14-10-24(8-6-15(14)23(18)3)11-16-21-17(22-25-16)13-5-4-7-19-9-13/h4-5,7,9,12H,6,8,10-11H2,1-3H3. The number of hydrogen-bond donors (Lipinski definition) is 0. The van der Waals surface area contributed by atoms with Crippen LogP contribution in [0.3, 0.4) is 0 Å². The first-order valence-corrected chi connectivity index (χ1v) is 8.61. The first-order valence-electron chi connectivity index (χ1n) is 8.61. The minimum Gasteiger partial charge on any atom is -0.338 e. The van der Waals surface area contributed by atoms with Crippen molar-refractivity contribution in [3.05, 3.63) is 47.6 Å². The molecule has 4 heterocycles. The van der Waals surface area contributed by atoms with Gasteiger partial charge in [-0.25, -0.2) is 4.98 Å². The van der Waals surface area contributed by atoms with Gasteiger partial charge in [0.25, 0.3) is 0 Å². The zero-order valence-electron chi connectivity index (χ0n) is 14.8. The summed E-state index contributed by atoms with van der Waals surface area (Å²) in [5.41, 5.74) is 3.38. The third-order valence-electron chi connectivity index (χ3n) is 4.63. The molecule has 0 atom stereocenters. The Balaban J connectivity index is 1.48. The Morgan fingerprint density at radius 3 is 2.92 bits per heavy atom. The van der Waals surface area contributed by atoms with Crippen molar-refractivity contribution >= 4 is 0 Å². The largest absolute Gasteiger partial charge is 0.338 e. The smallest absolute Gasteiger partial charge is 0.241 e. The lowest BCUT2D eigenvalue weighted by atomic mass is 10.1. The summed E-state index contributed by atoms with van der Waals surface area (Å²) in [6.07, 6.45) is 4.46. The van der Waals surface area contributed by atoms with Crippen molar-refractivity contribution in [1.29, 1.82) is 0 Å². The normalized spacial score (nSPS) is 14.9. The molecule has 0 amide bonds. The molecule has 7 heteroatoms. The fraction of sp³-hybridized carbons (Fsp3) is 0.444. The minimum absolute atomic E-state index is 0.432. The van der Waals surface area contributed by atoms with Gasteiger partial charge in [0.15, 0.2) is 0 Å². The van der Waals surface area contributed by atoms with Gasteiger partial charge in [-0.1, -0.05) is 19.0 Å². The van der Waals surface area contributed by atoms with Gasteiger partial charge in [-0.3, -0.25) is 9.88 Å². The number of imidazole rings is 1. The van der Waals surface area contributed by atoms with Gasteiger partial charge >= 0.3 is 0 Å². The van der Waals surface area contributed by atoms with E-state index in [1.54, 1.807) is 12.4 Å². The van der Waals surface area contributed by atoms with Gasteiger partial charge in [0.05, 0.1) is 12.2 Å². The molecule has 0 saturated carbocycles. The van der Waals surface area contributed by atoms with Crippen LogP contribution in [0.25, 0.3) is 11.4 Å². The highest BCUT2D eigenvalue weighted by Gasteiger charge is 2.24. The zero-order valence-corrected chi connectivity index (χ0v) is 14.8. The lowest BCUT2D eigenvalue weighted by molar-refractivity contribution is 0.206. The van der Waals surface area contributed by atoms with Crippen molar-refractivity contribution in [2.75, 3.05) is 6.54 Å². The number of hydrogen-bond acceptors (Lipinski definition) is 6. The van der Waals surface area contributed by atoms with Gasteiger partial charge < -0.3 is 9.09 Å². The maximum absolute atomic E-state index is 5.42. The zero-order chi connectivity index (χ0) is 17.4. The van der Waals surface area contributed by atoms with Crippen molar-refractivity contribution in [2.45, 2.75) is 39.3 Å². The summed E-state index contributed by atoms with van der Waals surface area (Å²) < 4.78 is 7.68. The Kier molecular flexibility index (Phi) is 4.09. The van der Waals surface area contributed by atoms with Gasteiger partial charge in [-0.2, -0.15) is 4.98 Å². The predicted octanol–water partition coefficient (Wildman–Crippen LogP) is 2.55. The molecule has 4 rings (SSSR count). The quantitative estimate of drug-likeness (QED) is 0.728. The van der Waals surface area contributed by atoms with Crippen LogP contribution in [-0.4, -0.2) is 36.1 Å². The van der Waals surface area contributed by atoms with Gasteiger partial charge in [-0.15, -0.1) is 0 Å². The molecular weight excluding hydrogens is 316 g/mol. The van der Waals surface area contributed by atoms with E-state index < -0.39 is 0 Å². The second kappa shape index (κ2) is 6.40. The molecule has 0 saturated heterocycles. The van der Waals surface area contributed by atoms with Crippen molar-refractivity contribution < 1.29 is 4.52 Å². The van der Waals surface area contributed by atoms with Crippen LogP contribution in [0.1, 0.15) is 42.9 Å². The van der Waals surface area contributed by atoms with E-state index in [0.29, 0.717) is 24.2 Å². The van der Waals surface area contributed by atoms with Crippen molar-refractivity contribution in [2.24, 2.45) is 7.05 Å². The summed E-state index contributed by atoms with van der Waals surface area (Å²) >= 11 is 0. The van der Waals surface area contributed by atoms with E-state index in [-0.39, 0.29) is 0 Å². The van der Waals surface area contributed by atoms with E-state index >= 15 is 0 Å². The van der Waals surface area contributed by atoms with Crippen molar-refractivity contribution in [3.8, 4) is 11.4 Å². The molecule has 1 aliphatic heterocycles. The lowest BCUT2D eigenvalue weighted by Gasteiger charge is -2.24. The third-order valence-corrected chi connectivity index (χ3v) is 4.63. The molecule has 0 spiro atoms. The van der Waals surface area contributed by atoms with E-state index in [4.69, 9.17) is 9.51 Å². The Morgan fingerprint density at radius 2 is 2.16 bits per heavy atom. The molecule has 130 valence electrons. The summed E-state index contributed by atoms with van der Waals surface area (Å²) in [5, 5.41) is 4.07. The average molecular weight is 338 g/mol. The molecule has 0 bridgehead atoms. The van der Waals surface area contributed by atoms with Crippen LogP contribution in [0, 0.1) is 0 Å². The number of rotatable bonds is 4. The van der Waals surface area contributed by atoms with Crippen molar-refractivity contribution in [1.82, 2.24) is 29.6 Å². The predicted molar refractivity (Wildman–Crippen MR) is 92.6 cm³/mol. The fourth-order valence-electron chi connectivity index (χ4n) is 3.38. The van der Waals surface area contributed by atoms with E-state index in [9.17, 15) is 0 Å². The number of nitrogens with zero attached hydrogens (tertiary/aromatic N) is 6. The number of aromatic nitrogens is 5. The van der Waals surface area contributed by atoms with Crippen LogP contribution in [0.2, 0.25) is 0 Å². The Morgan fingerprint density at radius 1 is 1.28 bits per heavy atom. The van der Waals surface area contributed by atoms with Crippen LogP contribution in [0.5, 0.6) is 0 Å². The molecule has 25 heavy (non-hydrogen) atoms. The van der Waals surface area contributed by atoms with Crippen molar-refractivity contribution in [3.63, 3.8) is 0 Å². The van der Waals surface area contributed by atoms with Crippen LogP contribution < -0.4 is 0 Å². The molecule has 0 radical (unpaired) electrons. The first-order chi connectivity index (χ1) is 12.1. The van der Waals surface area contributed by atoms with Crippen LogP contribution in [-0.2, 0) is 26.6 Å². The Bertz CT molecular complexity index is 867. The summed E-state index contributed by atoms with van der Waals surface area (Å²) in [6.45, 7) is 6.80. The summed E-state index contributed by atoms with van der Waals surface area (Å²) in [6, 6.07) is 3.79. The van der Waals surface area contributed by atoms with Gasteiger partial charge in [0.2, 0.25) is 11.7 Å². The average Bonchev–Trinajstić information content (AvgIpc) is 3.21. The van der Waals surface area contributed by atoms with E-state index in [2.05, 4.69) is 45.5 Å². The molecule has 3 aromatic heterocycles. The minimum atomic E-state index is 0.432. The molecule has 7 nitrogen and oxygen atoms in total. The lowest BCUT2D eigenvalue weighted by Crippen LogP contribution is -2.30. The molecule has 0 aliphatic carbocycles. The molecule has 0 N–H and O–H groups in total. The van der Waals surface area contributed by atoms with Crippen LogP contribution >= 0.6 is 0 Å².